The molecular formula is C13H19NO5. The van der Waals surface area contributed by atoms with Crippen molar-refractivity contribution in [2.24, 2.45) is 0 Å². The number of hydrogen-bond donors (Lipinski definition) is 1. The molecule has 1 heterocycles. The van der Waals surface area contributed by atoms with Crippen molar-refractivity contribution in [3.8, 4) is 11.8 Å². The first-order valence-corrected chi connectivity index (χ1v) is 6.05. The van der Waals surface area contributed by atoms with Crippen molar-refractivity contribution in [2.75, 3.05) is 19.7 Å². The molecule has 1 fully saturated rings. The molecule has 0 radical (unpaired) electrons. The number of ether oxygens (including phenoxy) is 2. The number of amides is 1. The molecule has 1 aliphatic rings. The summed E-state index contributed by atoms with van der Waals surface area (Å²) in [6.07, 6.45) is -0.505. The third-order valence-corrected chi connectivity index (χ3v) is 2.23. The van der Waals surface area contributed by atoms with Crippen LogP contribution < -0.4 is 0 Å². The summed E-state index contributed by atoms with van der Waals surface area (Å²) < 4.78 is 9.75. The van der Waals surface area contributed by atoms with Gasteiger partial charge in [0.2, 0.25) is 0 Å². The Morgan fingerprint density at radius 1 is 1.37 bits per heavy atom. The lowest BCUT2D eigenvalue weighted by molar-refractivity contribution is -0.136. The number of likely N-dealkylation sites (tertiary alicyclic amines) is 1. The summed E-state index contributed by atoms with van der Waals surface area (Å²) in [5.74, 6) is 3.91. The highest BCUT2D eigenvalue weighted by Crippen LogP contribution is 2.22. The number of rotatable bonds is 1. The summed E-state index contributed by atoms with van der Waals surface area (Å²) in [5, 5.41) is 9.91. The first-order valence-electron chi connectivity index (χ1n) is 6.05. The fourth-order valence-electron chi connectivity index (χ4n) is 1.45. The largest absolute Gasteiger partial charge is 0.456 e. The Balaban J connectivity index is 2.47. The van der Waals surface area contributed by atoms with Crippen LogP contribution in [0.3, 0.4) is 0 Å². The molecule has 6 nitrogen and oxygen atoms in total. The van der Waals surface area contributed by atoms with Gasteiger partial charge in [0.15, 0.2) is 5.60 Å². The van der Waals surface area contributed by atoms with E-state index < -0.39 is 23.3 Å². The molecule has 1 amide bonds. The van der Waals surface area contributed by atoms with E-state index in [1.807, 2.05) is 0 Å². The summed E-state index contributed by atoms with van der Waals surface area (Å²) in [6, 6.07) is 0. The van der Waals surface area contributed by atoms with Gasteiger partial charge in [-0.15, -0.1) is 0 Å². The Morgan fingerprint density at radius 2 is 1.95 bits per heavy atom. The third kappa shape index (κ3) is 4.79. The number of aliphatic hydroxyl groups is 1. The number of carbonyl (C=O) groups is 2. The Bertz CT molecular complexity index is 421. The van der Waals surface area contributed by atoms with Gasteiger partial charge < -0.3 is 19.5 Å². The normalized spacial score (nSPS) is 16.8. The smallest absolute Gasteiger partial charge is 0.410 e. The number of hydrogen-bond acceptors (Lipinski definition) is 5. The van der Waals surface area contributed by atoms with Gasteiger partial charge in [0.05, 0.1) is 19.7 Å². The molecule has 1 N–H and O–H groups in total. The average molecular weight is 269 g/mol. The maximum atomic E-state index is 11.6. The second-order valence-corrected chi connectivity index (χ2v) is 5.34. The minimum atomic E-state index is -1.36. The van der Waals surface area contributed by atoms with Crippen LogP contribution >= 0.6 is 0 Å². The Morgan fingerprint density at radius 3 is 2.42 bits per heavy atom. The molecule has 19 heavy (non-hydrogen) atoms. The average Bonchev–Trinajstić information content (AvgIpc) is 2.20. The summed E-state index contributed by atoms with van der Waals surface area (Å²) in [4.78, 5) is 24.0. The lowest BCUT2D eigenvalue weighted by atomic mass is 9.95. The third-order valence-electron chi connectivity index (χ3n) is 2.23. The number of β-amino-alcohol motifs (C(OH)–C–C–N with tert-alkyl or cyclic N) is 1. The van der Waals surface area contributed by atoms with E-state index in [0.717, 1.165) is 0 Å². The summed E-state index contributed by atoms with van der Waals surface area (Å²) in [5.41, 5.74) is -1.94. The van der Waals surface area contributed by atoms with Crippen LogP contribution in [0.2, 0.25) is 0 Å². The Kier molecular flexibility index (Phi) is 4.43. The molecule has 0 saturated carbocycles. The van der Waals surface area contributed by atoms with Crippen LogP contribution in [-0.2, 0) is 14.3 Å². The fraction of sp³-hybridized carbons (Fsp3) is 0.692. The van der Waals surface area contributed by atoms with Crippen LogP contribution in [0.5, 0.6) is 0 Å². The first-order chi connectivity index (χ1) is 8.65. The van der Waals surface area contributed by atoms with Crippen molar-refractivity contribution >= 4 is 12.1 Å². The van der Waals surface area contributed by atoms with Crippen LogP contribution in [0.15, 0.2) is 0 Å². The zero-order valence-corrected chi connectivity index (χ0v) is 11.6. The van der Waals surface area contributed by atoms with Crippen molar-refractivity contribution in [3.63, 3.8) is 0 Å². The molecule has 0 unspecified atom stereocenters. The summed E-state index contributed by atoms with van der Waals surface area (Å²) in [6.45, 7) is 7.23. The minimum Gasteiger partial charge on any atom is -0.456 e. The van der Waals surface area contributed by atoms with Crippen LogP contribution in [0, 0.1) is 11.8 Å². The molecule has 0 aromatic heterocycles. The zero-order chi connectivity index (χ0) is 14.7. The molecule has 0 bridgehead atoms. The van der Waals surface area contributed by atoms with Crippen molar-refractivity contribution in [1.29, 1.82) is 0 Å². The van der Waals surface area contributed by atoms with Crippen molar-refractivity contribution in [1.82, 2.24) is 4.90 Å². The molecule has 106 valence electrons. The topological polar surface area (TPSA) is 76.1 Å². The highest BCUT2D eigenvalue weighted by molar-refractivity contribution is 5.88. The fourth-order valence-corrected chi connectivity index (χ4v) is 1.45. The molecule has 0 aliphatic carbocycles. The highest BCUT2D eigenvalue weighted by atomic mass is 16.6. The molecule has 1 aliphatic heterocycles. The second kappa shape index (κ2) is 5.49. The number of esters is 1. The van der Waals surface area contributed by atoms with Crippen molar-refractivity contribution in [2.45, 2.75) is 38.9 Å². The van der Waals surface area contributed by atoms with Crippen LogP contribution in [0.25, 0.3) is 0 Å². The predicted molar refractivity (Wildman–Crippen MR) is 67.2 cm³/mol. The molecule has 0 spiro atoms. The maximum absolute atomic E-state index is 11.6. The van der Waals surface area contributed by atoms with E-state index in [-0.39, 0.29) is 19.7 Å². The quantitative estimate of drug-likeness (QED) is 0.427. The van der Waals surface area contributed by atoms with E-state index in [1.165, 1.54) is 4.90 Å². The van der Waals surface area contributed by atoms with E-state index in [9.17, 15) is 14.7 Å². The lowest BCUT2D eigenvalue weighted by Gasteiger charge is -2.43. The van der Waals surface area contributed by atoms with Gasteiger partial charge in [-0.1, -0.05) is 5.92 Å². The van der Waals surface area contributed by atoms with Gasteiger partial charge in [-0.2, -0.15) is 0 Å². The van der Waals surface area contributed by atoms with Gasteiger partial charge in [0, 0.05) is 5.92 Å². The molecule has 1 rings (SSSR count). The van der Waals surface area contributed by atoms with Gasteiger partial charge in [0.25, 0.3) is 0 Å². The van der Waals surface area contributed by atoms with Gasteiger partial charge >= 0.3 is 12.1 Å². The molecule has 0 aromatic rings. The zero-order valence-electron chi connectivity index (χ0n) is 11.6. The highest BCUT2D eigenvalue weighted by Gasteiger charge is 2.44. The lowest BCUT2D eigenvalue weighted by Crippen LogP contribution is -2.63. The van der Waals surface area contributed by atoms with Crippen LogP contribution in [0.1, 0.15) is 27.7 Å². The van der Waals surface area contributed by atoms with E-state index in [4.69, 9.17) is 4.74 Å². The molecule has 0 aromatic carbocycles. The van der Waals surface area contributed by atoms with Crippen LogP contribution in [-0.4, -0.2) is 53.0 Å². The minimum absolute atomic E-state index is 0.0221. The Hall–Kier alpha value is -1.74. The van der Waals surface area contributed by atoms with Gasteiger partial charge in [0.1, 0.15) is 5.60 Å². The number of carbonyl (C=O) groups excluding carboxylic acids is 2. The second-order valence-electron chi connectivity index (χ2n) is 5.34. The van der Waals surface area contributed by atoms with E-state index >= 15 is 0 Å². The molecule has 1 saturated heterocycles. The number of nitrogens with zero attached hydrogens (tertiary/aromatic N) is 1. The van der Waals surface area contributed by atoms with E-state index in [2.05, 4.69) is 16.6 Å². The SMILES string of the molecule is CCOC(=O)C#CC1(O)CN(C(=O)OC(C)(C)C)C1. The van der Waals surface area contributed by atoms with Crippen molar-refractivity contribution in [3.05, 3.63) is 0 Å². The maximum Gasteiger partial charge on any atom is 0.410 e. The van der Waals surface area contributed by atoms with Gasteiger partial charge in [-0.25, -0.2) is 9.59 Å². The van der Waals surface area contributed by atoms with E-state index in [1.54, 1.807) is 27.7 Å². The van der Waals surface area contributed by atoms with Gasteiger partial charge in [-0.3, -0.25) is 0 Å². The summed E-state index contributed by atoms with van der Waals surface area (Å²) >= 11 is 0. The predicted octanol–water partition coefficient (Wildman–Crippen LogP) is 0.535. The first kappa shape index (κ1) is 15.3. The standard InChI is InChI=1S/C13H19NO5/c1-5-18-10(15)6-7-13(17)8-14(9-13)11(16)19-12(2,3)4/h17H,5,8-9H2,1-4H3. The molecule has 0 atom stereocenters. The van der Waals surface area contributed by atoms with Crippen LogP contribution in [0.4, 0.5) is 4.79 Å². The van der Waals surface area contributed by atoms with Crippen molar-refractivity contribution < 1.29 is 24.2 Å². The summed E-state index contributed by atoms with van der Waals surface area (Å²) in [7, 11) is 0. The monoisotopic (exact) mass is 269 g/mol. The molecular weight excluding hydrogens is 250 g/mol. The van der Waals surface area contributed by atoms with E-state index in [0.29, 0.717) is 0 Å². The van der Waals surface area contributed by atoms with Gasteiger partial charge in [-0.05, 0) is 27.7 Å². The molecule has 6 heteroatoms. The Labute approximate surface area is 112 Å².